The predicted octanol–water partition coefficient (Wildman–Crippen LogP) is 4.62. The normalized spacial score (nSPS) is 12.4. The highest BCUT2D eigenvalue weighted by atomic mass is 79.9. The van der Waals surface area contributed by atoms with Crippen LogP contribution in [-0.4, -0.2) is 6.54 Å². The molecule has 1 nitrogen and oxygen atoms in total. The van der Waals surface area contributed by atoms with Crippen molar-refractivity contribution in [1.82, 2.24) is 5.32 Å². The van der Waals surface area contributed by atoms with Crippen molar-refractivity contribution in [2.24, 2.45) is 0 Å². The van der Waals surface area contributed by atoms with Crippen LogP contribution in [0.2, 0.25) is 0 Å². The van der Waals surface area contributed by atoms with Gasteiger partial charge in [-0.1, -0.05) is 41.1 Å². The van der Waals surface area contributed by atoms with Crippen LogP contribution in [0.4, 0.5) is 8.78 Å². The molecule has 0 radical (unpaired) electrons. The minimum absolute atomic E-state index is 0.0631. The topological polar surface area (TPSA) is 12.0 Å². The quantitative estimate of drug-likeness (QED) is 0.837. The van der Waals surface area contributed by atoms with E-state index in [0.29, 0.717) is 12.0 Å². The molecule has 0 aliphatic carbocycles. The van der Waals surface area contributed by atoms with Gasteiger partial charge in [0, 0.05) is 10.5 Å². The first-order valence-electron chi connectivity index (χ1n) is 6.53. The Balaban J connectivity index is 2.30. The molecule has 0 amide bonds. The molecule has 0 saturated heterocycles. The van der Waals surface area contributed by atoms with E-state index in [-0.39, 0.29) is 11.9 Å². The lowest BCUT2D eigenvalue weighted by Gasteiger charge is -2.20. The standard InChI is InChI=1S/C16H16BrF2N/c1-2-20-16(13-5-3-4-6-14(13)17)10-11-9-12(18)7-8-15(11)19/h3-9,16,20H,2,10H2,1H3. The summed E-state index contributed by atoms with van der Waals surface area (Å²) in [7, 11) is 0. The summed E-state index contributed by atoms with van der Waals surface area (Å²) in [6.07, 6.45) is 0.403. The Hall–Kier alpha value is -1.26. The average molecular weight is 340 g/mol. The van der Waals surface area contributed by atoms with Gasteiger partial charge in [-0.25, -0.2) is 8.78 Å². The fourth-order valence-corrected chi connectivity index (χ4v) is 2.78. The van der Waals surface area contributed by atoms with Gasteiger partial charge in [0.2, 0.25) is 0 Å². The van der Waals surface area contributed by atoms with E-state index in [4.69, 9.17) is 0 Å². The number of halogens is 3. The van der Waals surface area contributed by atoms with Crippen LogP contribution in [0, 0.1) is 11.6 Å². The molecule has 2 aromatic rings. The Kier molecular flexibility index (Phi) is 5.26. The summed E-state index contributed by atoms with van der Waals surface area (Å²) in [4.78, 5) is 0. The van der Waals surface area contributed by atoms with Crippen LogP contribution in [-0.2, 0) is 6.42 Å². The molecule has 20 heavy (non-hydrogen) atoms. The van der Waals surface area contributed by atoms with Crippen LogP contribution in [0.15, 0.2) is 46.9 Å². The number of hydrogen-bond acceptors (Lipinski definition) is 1. The van der Waals surface area contributed by atoms with Crippen LogP contribution >= 0.6 is 15.9 Å². The summed E-state index contributed by atoms with van der Waals surface area (Å²) in [5, 5.41) is 3.32. The fraction of sp³-hybridized carbons (Fsp3) is 0.250. The van der Waals surface area contributed by atoms with Gasteiger partial charge in [-0.05, 0) is 48.4 Å². The fourth-order valence-electron chi connectivity index (χ4n) is 2.22. The Labute approximate surface area is 126 Å². The van der Waals surface area contributed by atoms with Crippen LogP contribution in [0.3, 0.4) is 0 Å². The largest absolute Gasteiger partial charge is 0.310 e. The molecular formula is C16H16BrF2N. The van der Waals surface area contributed by atoms with Gasteiger partial charge in [0.25, 0.3) is 0 Å². The second-order valence-corrected chi connectivity index (χ2v) is 5.43. The van der Waals surface area contributed by atoms with Crippen molar-refractivity contribution in [2.75, 3.05) is 6.54 Å². The average Bonchev–Trinajstić information content (AvgIpc) is 2.43. The van der Waals surface area contributed by atoms with Crippen molar-refractivity contribution < 1.29 is 8.78 Å². The highest BCUT2D eigenvalue weighted by Crippen LogP contribution is 2.27. The number of rotatable bonds is 5. The van der Waals surface area contributed by atoms with Crippen LogP contribution in [0.25, 0.3) is 0 Å². The molecule has 0 aliphatic rings. The van der Waals surface area contributed by atoms with Gasteiger partial charge in [0.1, 0.15) is 11.6 Å². The highest BCUT2D eigenvalue weighted by molar-refractivity contribution is 9.10. The van der Waals surface area contributed by atoms with Crippen molar-refractivity contribution >= 4 is 15.9 Å². The van der Waals surface area contributed by atoms with Crippen LogP contribution in [0.5, 0.6) is 0 Å². The minimum Gasteiger partial charge on any atom is -0.310 e. The maximum Gasteiger partial charge on any atom is 0.126 e. The summed E-state index contributed by atoms with van der Waals surface area (Å²) >= 11 is 3.51. The maximum absolute atomic E-state index is 13.8. The van der Waals surface area contributed by atoms with E-state index in [1.165, 1.54) is 12.1 Å². The number of hydrogen-bond donors (Lipinski definition) is 1. The van der Waals surface area contributed by atoms with Crippen LogP contribution < -0.4 is 5.32 Å². The van der Waals surface area contributed by atoms with Gasteiger partial charge in [0.15, 0.2) is 0 Å². The smallest absolute Gasteiger partial charge is 0.126 e. The highest BCUT2D eigenvalue weighted by Gasteiger charge is 2.16. The lowest BCUT2D eigenvalue weighted by atomic mass is 9.98. The molecule has 106 valence electrons. The van der Waals surface area contributed by atoms with Gasteiger partial charge in [-0.15, -0.1) is 0 Å². The van der Waals surface area contributed by atoms with E-state index in [1.54, 1.807) is 0 Å². The van der Waals surface area contributed by atoms with Gasteiger partial charge < -0.3 is 5.32 Å². The molecule has 4 heteroatoms. The maximum atomic E-state index is 13.8. The molecule has 0 spiro atoms. The van der Waals surface area contributed by atoms with E-state index in [0.717, 1.165) is 22.6 Å². The Morgan fingerprint density at radius 2 is 1.90 bits per heavy atom. The molecule has 1 N–H and O–H groups in total. The monoisotopic (exact) mass is 339 g/mol. The molecule has 0 aromatic heterocycles. The second-order valence-electron chi connectivity index (χ2n) is 4.57. The Morgan fingerprint density at radius 1 is 1.15 bits per heavy atom. The van der Waals surface area contributed by atoms with Crippen LogP contribution in [0.1, 0.15) is 24.1 Å². The number of nitrogens with one attached hydrogen (secondary N) is 1. The SMILES string of the molecule is CCNC(Cc1cc(F)ccc1F)c1ccccc1Br. The molecule has 0 aliphatic heterocycles. The lowest BCUT2D eigenvalue weighted by Crippen LogP contribution is -2.23. The summed E-state index contributed by atoms with van der Waals surface area (Å²) in [5.41, 5.74) is 1.42. The van der Waals surface area contributed by atoms with E-state index >= 15 is 0 Å². The summed E-state index contributed by atoms with van der Waals surface area (Å²) < 4.78 is 28.0. The first kappa shape index (κ1) is 15.1. The molecule has 2 rings (SSSR count). The molecule has 1 unspecified atom stereocenters. The van der Waals surface area contributed by atoms with Crippen molar-refractivity contribution in [3.63, 3.8) is 0 Å². The van der Waals surface area contributed by atoms with Gasteiger partial charge in [0.05, 0.1) is 0 Å². The third-order valence-corrected chi connectivity index (χ3v) is 3.89. The van der Waals surface area contributed by atoms with E-state index < -0.39 is 5.82 Å². The molecule has 0 fully saturated rings. The van der Waals surface area contributed by atoms with E-state index in [9.17, 15) is 8.78 Å². The van der Waals surface area contributed by atoms with Crippen molar-refractivity contribution in [2.45, 2.75) is 19.4 Å². The number of likely N-dealkylation sites (N-methyl/N-ethyl adjacent to an activating group) is 1. The Bertz CT molecular complexity index is 586. The second kappa shape index (κ2) is 6.95. The predicted molar refractivity (Wildman–Crippen MR) is 80.6 cm³/mol. The van der Waals surface area contributed by atoms with Gasteiger partial charge in [-0.3, -0.25) is 0 Å². The zero-order chi connectivity index (χ0) is 14.5. The summed E-state index contributed by atoms with van der Waals surface area (Å²) in [6.45, 7) is 2.74. The molecule has 0 bridgehead atoms. The lowest BCUT2D eigenvalue weighted by molar-refractivity contribution is 0.520. The third kappa shape index (κ3) is 3.64. The zero-order valence-electron chi connectivity index (χ0n) is 11.2. The van der Waals surface area contributed by atoms with Crippen molar-refractivity contribution in [3.05, 3.63) is 69.7 Å². The van der Waals surface area contributed by atoms with E-state index in [2.05, 4.69) is 21.2 Å². The summed E-state index contributed by atoms with van der Waals surface area (Å²) in [5.74, 6) is -0.787. The summed E-state index contributed by atoms with van der Waals surface area (Å²) in [6, 6.07) is 11.3. The first-order valence-corrected chi connectivity index (χ1v) is 7.33. The molecule has 1 atom stereocenters. The van der Waals surface area contributed by atoms with E-state index in [1.807, 2.05) is 31.2 Å². The minimum atomic E-state index is -0.413. The molecule has 0 heterocycles. The molecule has 0 saturated carbocycles. The molecular weight excluding hydrogens is 324 g/mol. The first-order chi connectivity index (χ1) is 9.61. The van der Waals surface area contributed by atoms with Gasteiger partial charge >= 0.3 is 0 Å². The Morgan fingerprint density at radius 3 is 2.60 bits per heavy atom. The number of benzene rings is 2. The third-order valence-electron chi connectivity index (χ3n) is 3.16. The van der Waals surface area contributed by atoms with Crippen molar-refractivity contribution in [3.8, 4) is 0 Å². The van der Waals surface area contributed by atoms with Gasteiger partial charge in [-0.2, -0.15) is 0 Å². The molecule has 2 aromatic carbocycles. The zero-order valence-corrected chi connectivity index (χ0v) is 12.8. The van der Waals surface area contributed by atoms with Crippen molar-refractivity contribution in [1.29, 1.82) is 0 Å².